The molecule has 5 rings (SSSR count). The van der Waals surface area contributed by atoms with Gasteiger partial charge in [-0.2, -0.15) is 0 Å². The summed E-state index contributed by atoms with van der Waals surface area (Å²) in [5, 5.41) is 5.26. The van der Waals surface area contributed by atoms with Crippen LogP contribution in [0.4, 0.5) is 15.1 Å². The molecule has 0 unspecified atom stereocenters. The number of pyridine rings is 1. The van der Waals surface area contributed by atoms with Crippen molar-refractivity contribution in [1.29, 1.82) is 0 Å². The molecule has 180 valence electrons. The Balaban J connectivity index is 1.12. The lowest BCUT2D eigenvalue weighted by atomic mass is 9.97. The molecule has 0 saturated carbocycles. The van der Waals surface area contributed by atoms with Gasteiger partial charge in [0.15, 0.2) is 5.76 Å². The number of thioether (sulfide) groups is 1. The van der Waals surface area contributed by atoms with E-state index < -0.39 is 5.91 Å². The minimum absolute atomic E-state index is 0.327. The minimum Gasteiger partial charge on any atom is -0.463 e. The maximum absolute atomic E-state index is 14.0. The second-order valence-electron chi connectivity index (χ2n) is 8.33. The lowest BCUT2D eigenvalue weighted by molar-refractivity contribution is -0.115. The van der Waals surface area contributed by atoms with E-state index in [1.165, 1.54) is 12.1 Å². The van der Waals surface area contributed by atoms with Gasteiger partial charge in [0, 0.05) is 31.9 Å². The Kier molecular flexibility index (Phi) is 6.87. The molecule has 11 heteroatoms. The predicted molar refractivity (Wildman–Crippen MR) is 130 cm³/mol. The summed E-state index contributed by atoms with van der Waals surface area (Å²) in [6.45, 7) is 2.89. The molecule has 9 nitrogen and oxygen atoms in total. The molecular formula is C24H23FN6O3S. The van der Waals surface area contributed by atoms with E-state index in [0.717, 1.165) is 44.2 Å². The number of carbonyl (C=O) groups is 2. The Morgan fingerprint density at radius 2 is 2.09 bits per heavy atom. The Bertz CT molecular complexity index is 1260. The summed E-state index contributed by atoms with van der Waals surface area (Å²) in [7, 11) is 0. The molecule has 3 aromatic heterocycles. The highest BCUT2D eigenvalue weighted by Crippen LogP contribution is 2.26. The van der Waals surface area contributed by atoms with Crippen LogP contribution < -0.4 is 15.5 Å². The monoisotopic (exact) mass is 494 g/mol. The third-order valence-electron chi connectivity index (χ3n) is 5.84. The van der Waals surface area contributed by atoms with Gasteiger partial charge in [-0.3, -0.25) is 14.9 Å². The van der Waals surface area contributed by atoms with Crippen LogP contribution in [0, 0.1) is 11.7 Å². The number of furan rings is 1. The number of piperidine rings is 1. The second-order valence-corrected chi connectivity index (χ2v) is 9.35. The number of halogens is 1. The number of imide groups is 1. The van der Waals surface area contributed by atoms with E-state index in [1.54, 1.807) is 36.7 Å². The van der Waals surface area contributed by atoms with Crippen LogP contribution in [0.2, 0.25) is 0 Å². The highest BCUT2D eigenvalue weighted by Gasteiger charge is 2.25. The van der Waals surface area contributed by atoms with Gasteiger partial charge in [0.2, 0.25) is 5.95 Å². The molecule has 2 N–H and O–H groups in total. The number of nitrogens with zero attached hydrogens (tertiary/aromatic N) is 4. The molecule has 0 aliphatic carbocycles. The van der Waals surface area contributed by atoms with Gasteiger partial charge in [-0.1, -0.05) is 0 Å². The molecule has 0 atom stereocenters. The predicted octanol–water partition coefficient (Wildman–Crippen LogP) is 3.60. The van der Waals surface area contributed by atoms with Crippen molar-refractivity contribution in [1.82, 2.24) is 25.6 Å². The molecule has 2 fully saturated rings. The van der Waals surface area contributed by atoms with Gasteiger partial charge >= 0.3 is 0 Å². The van der Waals surface area contributed by atoms with Gasteiger partial charge in [-0.25, -0.2) is 19.3 Å². The van der Waals surface area contributed by atoms with Gasteiger partial charge in [0.25, 0.3) is 11.1 Å². The zero-order valence-electron chi connectivity index (χ0n) is 18.7. The summed E-state index contributed by atoms with van der Waals surface area (Å²) in [5.74, 6) is 0.876. The zero-order chi connectivity index (χ0) is 24.2. The van der Waals surface area contributed by atoms with E-state index in [-0.39, 0.29) is 11.1 Å². The first kappa shape index (κ1) is 23.2. The van der Waals surface area contributed by atoms with E-state index in [1.807, 2.05) is 0 Å². The molecule has 3 aromatic rings. The van der Waals surface area contributed by atoms with E-state index >= 15 is 0 Å². The number of hydrogen-bond donors (Lipinski definition) is 2. The van der Waals surface area contributed by atoms with Crippen LogP contribution >= 0.6 is 11.8 Å². The smallest absolute Gasteiger partial charge is 0.290 e. The number of rotatable bonds is 7. The van der Waals surface area contributed by atoms with E-state index in [2.05, 4.69) is 30.5 Å². The summed E-state index contributed by atoms with van der Waals surface area (Å²) in [5.41, 5.74) is 1.70. The van der Waals surface area contributed by atoms with Gasteiger partial charge in [0.1, 0.15) is 11.5 Å². The van der Waals surface area contributed by atoms with E-state index in [9.17, 15) is 14.0 Å². The van der Waals surface area contributed by atoms with Crippen LogP contribution in [0.15, 0.2) is 52.1 Å². The summed E-state index contributed by atoms with van der Waals surface area (Å²) in [6, 6.07) is 8.02. The fourth-order valence-corrected chi connectivity index (χ4v) is 4.75. The van der Waals surface area contributed by atoms with Crippen LogP contribution in [0.3, 0.4) is 0 Å². The second kappa shape index (κ2) is 10.4. The molecule has 2 amide bonds. The summed E-state index contributed by atoms with van der Waals surface area (Å²) < 4.78 is 19.3. The first-order valence-corrected chi connectivity index (χ1v) is 12.1. The Morgan fingerprint density at radius 3 is 2.83 bits per heavy atom. The zero-order valence-corrected chi connectivity index (χ0v) is 19.6. The normalized spacial score (nSPS) is 17.9. The summed E-state index contributed by atoms with van der Waals surface area (Å²) >= 11 is 0.868. The summed E-state index contributed by atoms with van der Waals surface area (Å²) in [6.07, 6.45) is 6.72. The highest BCUT2D eigenvalue weighted by atomic mass is 32.2. The maximum atomic E-state index is 14.0. The van der Waals surface area contributed by atoms with Crippen LogP contribution in [0.5, 0.6) is 0 Å². The van der Waals surface area contributed by atoms with Crippen LogP contribution in [0.25, 0.3) is 17.5 Å². The quantitative estimate of drug-likeness (QED) is 0.476. The van der Waals surface area contributed by atoms with Crippen molar-refractivity contribution in [3.05, 3.63) is 64.9 Å². The van der Waals surface area contributed by atoms with Crippen LogP contribution in [-0.4, -0.2) is 45.7 Å². The minimum atomic E-state index is -0.404. The molecule has 2 aliphatic rings. The van der Waals surface area contributed by atoms with Crippen molar-refractivity contribution in [2.75, 3.05) is 24.5 Å². The first-order valence-electron chi connectivity index (χ1n) is 11.3. The largest absolute Gasteiger partial charge is 0.463 e. The van der Waals surface area contributed by atoms with Crippen LogP contribution in [0.1, 0.15) is 24.2 Å². The lowest BCUT2D eigenvalue weighted by Crippen LogP contribution is -2.38. The number of aromatic nitrogens is 3. The van der Waals surface area contributed by atoms with Gasteiger partial charge < -0.3 is 14.6 Å². The van der Waals surface area contributed by atoms with Gasteiger partial charge in [-0.15, -0.1) is 0 Å². The maximum Gasteiger partial charge on any atom is 0.290 e. The summed E-state index contributed by atoms with van der Waals surface area (Å²) in [4.78, 5) is 39.0. The number of carbonyl (C=O) groups excluding carboxylic acids is 2. The molecular weight excluding hydrogens is 471 g/mol. The third kappa shape index (κ3) is 5.75. The lowest BCUT2D eigenvalue weighted by Gasteiger charge is -2.32. The van der Waals surface area contributed by atoms with Crippen molar-refractivity contribution in [3.63, 3.8) is 0 Å². The number of nitrogens with one attached hydrogen (secondary N) is 2. The Hall–Kier alpha value is -3.57. The van der Waals surface area contributed by atoms with Crippen molar-refractivity contribution in [3.8, 4) is 11.5 Å². The molecule has 0 spiro atoms. The molecule has 0 aromatic carbocycles. The average molecular weight is 495 g/mol. The molecule has 5 heterocycles. The van der Waals surface area contributed by atoms with Crippen molar-refractivity contribution >= 4 is 34.9 Å². The highest BCUT2D eigenvalue weighted by molar-refractivity contribution is 8.18. The van der Waals surface area contributed by atoms with Crippen molar-refractivity contribution < 1.29 is 18.4 Å². The topological polar surface area (TPSA) is 113 Å². The first-order chi connectivity index (χ1) is 17.0. The average Bonchev–Trinajstić information content (AvgIpc) is 3.49. The standard InChI is InChI=1S/C24H23FN6O3S/c25-16-10-18(28-19(11-16)20-2-1-9-34-20)14-26-13-15-4-7-31(8-5-15)23-27-6-3-17(29-23)12-21-22(32)30-24(33)35-21/h1-3,6,9-12,15,26H,4-5,7-8,13-14H2,(H,30,32,33)/b21-12-. The molecule has 0 radical (unpaired) electrons. The fourth-order valence-electron chi connectivity index (χ4n) is 4.08. The third-order valence-corrected chi connectivity index (χ3v) is 6.65. The molecule has 35 heavy (non-hydrogen) atoms. The van der Waals surface area contributed by atoms with Gasteiger partial charge in [-0.05, 0) is 67.4 Å². The number of hydrogen-bond acceptors (Lipinski definition) is 9. The van der Waals surface area contributed by atoms with E-state index in [0.29, 0.717) is 46.2 Å². The molecule has 2 aliphatic heterocycles. The molecule has 2 saturated heterocycles. The van der Waals surface area contributed by atoms with E-state index in [4.69, 9.17) is 4.42 Å². The molecule has 0 bridgehead atoms. The van der Waals surface area contributed by atoms with Crippen LogP contribution in [-0.2, 0) is 11.3 Å². The SMILES string of the molecule is O=C1NC(=O)/C(=C/c2ccnc(N3CCC(CNCc4cc(F)cc(-c5ccco5)n4)CC3)n2)S1. The Labute approximate surface area is 205 Å². The number of amides is 2. The fraction of sp³-hybridized carbons (Fsp3) is 0.292. The Morgan fingerprint density at radius 1 is 1.23 bits per heavy atom. The van der Waals surface area contributed by atoms with Gasteiger partial charge in [0.05, 0.1) is 22.6 Å². The van der Waals surface area contributed by atoms with Crippen molar-refractivity contribution in [2.24, 2.45) is 5.92 Å². The number of anilines is 1. The van der Waals surface area contributed by atoms with Crippen molar-refractivity contribution in [2.45, 2.75) is 19.4 Å².